The van der Waals surface area contributed by atoms with E-state index < -0.39 is 0 Å². The van der Waals surface area contributed by atoms with Gasteiger partial charge in [-0.05, 0) is 24.6 Å². The largest absolute Gasteiger partial charge is 0.486 e. The second-order valence-electron chi connectivity index (χ2n) is 4.29. The molecule has 0 radical (unpaired) electrons. The van der Waals surface area contributed by atoms with Crippen LogP contribution in [0.5, 0.6) is 11.5 Å². The van der Waals surface area contributed by atoms with Gasteiger partial charge in [0.15, 0.2) is 16.7 Å². The van der Waals surface area contributed by atoms with Crippen molar-refractivity contribution >= 4 is 17.7 Å². The minimum Gasteiger partial charge on any atom is -0.486 e. The molecule has 2 aromatic rings. The van der Waals surface area contributed by atoms with Crippen molar-refractivity contribution in [3.63, 3.8) is 0 Å². The molecule has 0 unspecified atom stereocenters. The third-order valence-corrected chi connectivity index (χ3v) is 3.64. The Morgan fingerprint density at radius 3 is 2.75 bits per heavy atom. The smallest absolute Gasteiger partial charge is 0.224 e. The number of rotatable bonds is 3. The van der Waals surface area contributed by atoms with E-state index in [0.717, 1.165) is 22.8 Å². The first-order chi connectivity index (χ1) is 9.70. The van der Waals surface area contributed by atoms with Crippen LogP contribution >= 0.6 is 11.8 Å². The highest BCUT2D eigenvalue weighted by Crippen LogP contribution is 2.32. The summed E-state index contributed by atoms with van der Waals surface area (Å²) in [5.74, 6) is 3.20. The third kappa shape index (κ3) is 2.93. The summed E-state index contributed by atoms with van der Waals surface area (Å²) in [5.41, 5.74) is 6.73. The van der Waals surface area contributed by atoms with Crippen LogP contribution < -0.4 is 15.2 Å². The third-order valence-electron chi connectivity index (χ3n) is 2.72. The van der Waals surface area contributed by atoms with Crippen molar-refractivity contribution < 1.29 is 9.47 Å². The predicted octanol–water partition coefficient (Wildman–Crippen LogP) is 1.83. The van der Waals surface area contributed by atoms with Crippen LogP contribution in [0.2, 0.25) is 0 Å². The van der Waals surface area contributed by atoms with Crippen LogP contribution in [0.1, 0.15) is 11.4 Å². The Morgan fingerprint density at radius 2 is 1.95 bits per heavy atom. The molecule has 1 aliphatic heterocycles. The Hall–Kier alpha value is -2.02. The fraction of sp³-hybridized carbons (Fsp3) is 0.308. The molecular formula is C13H14N4O2S. The Balaban J connectivity index is 1.71. The van der Waals surface area contributed by atoms with E-state index >= 15 is 0 Å². The Labute approximate surface area is 120 Å². The van der Waals surface area contributed by atoms with Crippen molar-refractivity contribution in [3.8, 4) is 11.5 Å². The molecule has 0 fully saturated rings. The normalized spacial score (nSPS) is 13.2. The van der Waals surface area contributed by atoms with Gasteiger partial charge < -0.3 is 15.2 Å². The molecule has 3 rings (SSSR count). The zero-order valence-electron chi connectivity index (χ0n) is 11.0. The molecule has 1 aromatic heterocycles. The van der Waals surface area contributed by atoms with Gasteiger partial charge in [-0.2, -0.15) is 9.97 Å². The Morgan fingerprint density at radius 1 is 1.15 bits per heavy atom. The average molecular weight is 290 g/mol. The van der Waals surface area contributed by atoms with Gasteiger partial charge in [0.25, 0.3) is 0 Å². The number of nitrogen functional groups attached to an aromatic ring is 1. The number of aromatic nitrogens is 3. The number of anilines is 1. The number of nitrogens with two attached hydrogens (primary N) is 1. The molecule has 0 bridgehead atoms. The highest BCUT2D eigenvalue weighted by Gasteiger charge is 2.12. The van der Waals surface area contributed by atoms with Crippen molar-refractivity contribution in [1.29, 1.82) is 0 Å². The van der Waals surface area contributed by atoms with Crippen LogP contribution in [0.25, 0.3) is 0 Å². The van der Waals surface area contributed by atoms with Crippen LogP contribution in [0.4, 0.5) is 5.95 Å². The van der Waals surface area contributed by atoms with Crippen molar-refractivity contribution in [3.05, 3.63) is 29.6 Å². The van der Waals surface area contributed by atoms with E-state index in [-0.39, 0.29) is 5.95 Å². The molecule has 2 N–H and O–H groups in total. The van der Waals surface area contributed by atoms with Crippen molar-refractivity contribution in [2.45, 2.75) is 17.8 Å². The van der Waals surface area contributed by atoms with Gasteiger partial charge in [0.05, 0.1) is 0 Å². The molecule has 1 aromatic carbocycles. The van der Waals surface area contributed by atoms with Crippen molar-refractivity contribution in [1.82, 2.24) is 15.0 Å². The van der Waals surface area contributed by atoms with E-state index in [2.05, 4.69) is 15.0 Å². The fourth-order valence-corrected chi connectivity index (χ4v) is 2.70. The first-order valence-corrected chi connectivity index (χ1v) is 7.19. The van der Waals surface area contributed by atoms with Crippen LogP contribution in [0, 0.1) is 6.92 Å². The number of nitrogens with zero attached hydrogens (tertiary/aromatic N) is 3. The summed E-state index contributed by atoms with van der Waals surface area (Å²) in [6.07, 6.45) is 0. The fourth-order valence-electron chi connectivity index (χ4n) is 1.87. The van der Waals surface area contributed by atoms with Crippen molar-refractivity contribution in [2.75, 3.05) is 18.9 Å². The second kappa shape index (κ2) is 5.54. The number of hydrogen-bond acceptors (Lipinski definition) is 7. The molecule has 0 amide bonds. The maximum atomic E-state index is 5.61. The quantitative estimate of drug-likeness (QED) is 0.863. The molecule has 1 aliphatic rings. The number of hydrogen-bond donors (Lipinski definition) is 1. The van der Waals surface area contributed by atoms with E-state index in [0.29, 0.717) is 24.2 Å². The molecular weight excluding hydrogens is 276 g/mol. The molecule has 0 atom stereocenters. The van der Waals surface area contributed by atoms with Gasteiger partial charge in [-0.3, -0.25) is 0 Å². The Bertz CT molecular complexity index is 616. The summed E-state index contributed by atoms with van der Waals surface area (Å²) in [4.78, 5) is 12.3. The summed E-state index contributed by atoms with van der Waals surface area (Å²) in [5, 5.41) is 0.630. The molecule has 0 aliphatic carbocycles. The summed E-state index contributed by atoms with van der Waals surface area (Å²) >= 11 is 1.51. The van der Waals surface area contributed by atoms with Gasteiger partial charge in [-0.25, -0.2) is 4.98 Å². The van der Waals surface area contributed by atoms with E-state index in [1.807, 2.05) is 18.2 Å². The molecule has 0 saturated heterocycles. The van der Waals surface area contributed by atoms with Crippen LogP contribution in [0.3, 0.4) is 0 Å². The van der Waals surface area contributed by atoms with E-state index in [1.54, 1.807) is 6.92 Å². The summed E-state index contributed by atoms with van der Waals surface area (Å²) in [6.45, 7) is 2.99. The zero-order valence-corrected chi connectivity index (χ0v) is 11.8. The summed E-state index contributed by atoms with van der Waals surface area (Å²) < 4.78 is 11.1. The monoisotopic (exact) mass is 290 g/mol. The topological polar surface area (TPSA) is 83.2 Å². The van der Waals surface area contributed by atoms with Crippen LogP contribution in [0.15, 0.2) is 23.4 Å². The average Bonchev–Trinajstić information content (AvgIpc) is 2.44. The molecule has 2 heterocycles. The minimum absolute atomic E-state index is 0.252. The molecule has 20 heavy (non-hydrogen) atoms. The van der Waals surface area contributed by atoms with Crippen molar-refractivity contribution in [2.24, 2.45) is 0 Å². The molecule has 0 spiro atoms. The van der Waals surface area contributed by atoms with E-state index in [4.69, 9.17) is 15.2 Å². The minimum atomic E-state index is 0.252. The molecule has 0 saturated carbocycles. The molecule has 104 valence electrons. The van der Waals surface area contributed by atoms with Gasteiger partial charge in [0.1, 0.15) is 19.0 Å². The number of thioether (sulfide) groups is 1. The van der Waals surface area contributed by atoms with Gasteiger partial charge in [0, 0.05) is 5.75 Å². The SMILES string of the molecule is Cc1nc(N)nc(SCc2ccc3c(c2)OCCO3)n1. The number of benzene rings is 1. The maximum Gasteiger partial charge on any atom is 0.224 e. The first kappa shape index (κ1) is 13.0. The zero-order chi connectivity index (χ0) is 13.9. The number of ether oxygens (including phenoxy) is 2. The van der Waals surface area contributed by atoms with E-state index in [1.165, 1.54) is 11.8 Å². The lowest BCUT2D eigenvalue weighted by atomic mass is 10.2. The molecule has 6 nitrogen and oxygen atoms in total. The first-order valence-electron chi connectivity index (χ1n) is 6.20. The lowest BCUT2D eigenvalue weighted by Crippen LogP contribution is -2.15. The highest BCUT2D eigenvalue weighted by atomic mass is 32.2. The maximum absolute atomic E-state index is 5.61. The van der Waals surface area contributed by atoms with Gasteiger partial charge in [0.2, 0.25) is 5.95 Å². The lowest BCUT2D eigenvalue weighted by Gasteiger charge is -2.18. The van der Waals surface area contributed by atoms with E-state index in [9.17, 15) is 0 Å². The van der Waals surface area contributed by atoms with Crippen LogP contribution in [-0.2, 0) is 5.75 Å². The number of fused-ring (bicyclic) bond motifs is 1. The van der Waals surface area contributed by atoms with Gasteiger partial charge in [-0.15, -0.1) is 0 Å². The predicted molar refractivity (Wildman–Crippen MR) is 76.0 cm³/mol. The van der Waals surface area contributed by atoms with Gasteiger partial charge >= 0.3 is 0 Å². The molecule has 7 heteroatoms. The van der Waals surface area contributed by atoms with Gasteiger partial charge in [-0.1, -0.05) is 17.8 Å². The highest BCUT2D eigenvalue weighted by molar-refractivity contribution is 7.98. The second-order valence-corrected chi connectivity index (χ2v) is 5.23. The standard InChI is InChI=1S/C13H14N4O2S/c1-8-15-12(14)17-13(16-8)20-7-9-2-3-10-11(6-9)19-5-4-18-10/h2-3,6H,4-5,7H2,1H3,(H2,14,15,16,17). The van der Waals surface area contributed by atoms with Crippen LogP contribution in [-0.4, -0.2) is 28.2 Å². The Kier molecular flexibility index (Phi) is 3.60. The number of aryl methyl sites for hydroxylation is 1. The summed E-state index contributed by atoms with van der Waals surface area (Å²) in [7, 11) is 0. The summed E-state index contributed by atoms with van der Waals surface area (Å²) in [6, 6.07) is 5.92. The lowest BCUT2D eigenvalue weighted by molar-refractivity contribution is 0.171.